The Labute approximate surface area is 165 Å². The highest BCUT2D eigenvalue weighted by atomic mass is 32.2. The number of cyclic esters (lactones) is 1. The summed E-state index contributed by atoms with van der Waals surface area (Å²) in [6.07, 6.45) is 0.632. The fourth-order valence-electron chi connectivity index (χ4n) is 3.24. The zero-order valence-electron chi connectivity index (χ0n) is 15.7. The SMILES string of the molecule is Cc1ccc(C)c(-n2c(S[C@H]3CCOC3=O)nc3sc(C)c(C)c3c2=O)c1. The Kier molecular flexibility index (Phi) is 4.60. The molecule has 2 aromatic heterocycles. The summed E-state index contributed by atoms with van der Waals surface area (Å²) in [7, 11) is 0. The molecule has 3 heterocycles. The monoisotopic (exact) mass is 400 g/mol. The van der Waals surface area contributed by atoms with Crippen molar-refractivity contribution in [2.45, 2.75) is 44.5 Å². The van der Waals surface area contributed by atoms with Crippen LogP contribution < -0.4 is 5.56 Å². The van der Waals surface area contributed by atoms with Crippen molar-refractivity contribution in [3.63, 3.8) is 0 Å². The van der Waals surface area contributed by atoms with Gasteiger partial charge in [0.2, 0.25) is 0 Å². The van der Waals surface area contributed by atoms with Crippen molar-refractivity contribution in [1.82, 2.24) is 9.55 Å². The maximum absolute atomic E-state index is 13.5. The Morgan fingerprint density at radius 3 is 2.70 bits per heavy atom. The molecular weight excluding hydrogens is 380 g/mol. The lowest BCUT2D eigenvalue weighted by atomic mass is 10.1. The summed E-state index contributed by atoms with van der Waals surface area (Å²) < 4.78 is 6.76. The molecule has 1 fully saturated rings. The van der Waals surface area contributed by atoms with Crippen LogP contribution in [0.3, 0.4) is 0 Å². The molecule has 27 heavy (non-hydrogen) atoms. The highest BCUT2D eigenvalue weighted by molar-refractivity contribution is 8.00. The molecule has 0 saturated carbocycles. The van der Waals surface area contributed by atoms with Crippen LogP contribution in [0.15, 0.2) is 28.2 Å². The van der Waals surface area contributed by atoms with Crippen molar-refractivity contribution in [2.75, 3.05) is 6.61 Å². The first kappa shape index (κ1) is 18.3. The quantitative estimate of drug-likeness (QED) is 0.490. The first-order valence-electron chi connectivity index (χ1n) is 8.80. The van der Waals surface area contributed by atoms with Gasteiger partial charge in [-0.1, -0.05) is 23.9 Å². The number of carbonyl (C=O) groups is 1. The summed E-state index contributed by atoms with van der Waals surface area (Å²) in [6.45, 7) is 8.37. The summed E-state index contributed by atoms with van der Waals surface area (Å²) in [5, 5.41) is 0.885. The maximum Gasteiger partial charge on any atom is 0.319 e. The molecule has 0 bridgehead atoms. The zero-order chi connectivity index (χ0) is 19.3. The molecule has 1 aliphatic rings. The van der Waals surface area contributed by atoms with E-state index in [1.807, 2.05) is 45.9 Å². The molecule has 1 aliphatic heterocycles. The van der Waals surface area contributed by atoms with Gasteiger partial charge in [0.15, 0.2) is 5.16 Å². The van der Waals surface area contributed by atoms with E-state index >= 15 is 0 Å². The van der Waals surface area contributed by atoms with Gasteiger partial charge in [-0.15, -0.1) is 11.3 Å². The van der Waals surface area contributed by atoms with Gasteiger partial charge in [0.1, 0.15) is 10.1 Å². The van der Waals surface area contributed by atoms with Crippen LogP contribution in [0.1, 0.15) is 28.0 Å². The van der Waals surface area contributed by atoms with Gasteiger partial charge in [-0.25, -0.2) is 4.98 Å². The highest BCUT2D eigenvalue weighted by Gasteiger charge is 2.30. The third kappa shape index (κ3) is 3.08. The Morgan fingerprint density at radius 2 is 2.00 bits per heavy atom. The molecule has 0 unspecified atom stereocenters. The van der Waals surface area contributed by atoms with Crippen LogP contribution in [0.5, 0.6) is 0 Å². The second kappa shape index (κ2) is 6.80. The Hall–Kier alpha value is -2.12. The van der Waals surface area contributed by atoms with Gasteiger partial charge >= 0.3 is 5.97 Å². The van der Waals surface area contributed by atoms with Gasteiger partial charge in [0.25, 0.3) is 5.56 Å². The van der Waals surface area contributed by atoms with Crippen LogP contribution in [0.2, 0.25) is 0 Å². The van der Waals surface area contributed by atoms with Gasteiger partial charge in [0, 0.05) is 11.3 Å². The van der Waals surface area contributed by atoms with E-state index < -0.39 is 0 Å². The number of fused-ring (bicyclic) bond motifs is 1. The predicted molar refractivity (Wildman–Crippen MR) is 109 cm³/mol. The second-order valence-corrected chi connectivity index (χ2v) is 9.22. The number of thiophene rings is 1. The van der Waals surface area contributed by atoms with Crippen LogP contribution in [0.4, 0.5) is 0 Å². The van der Waals surface area contributed by atoms with Gasteiger partial charge in [-0.05, 0) is 50.5 Å². The normalized spacial score (nSPS) is 16.9. The Morgan fingerprint density at radius 1 is 1.22 bits per heavy atom. The lowest BCUT2D eigenvalue weighted by Gasteiger charge is -2.16. The number of thioether (sulfide) groups is 1. The minimum atomic E-state index is -0.326. The molecular formula is C20H20N2O3S2. The number of hydrogen-bond acceptors (Lipinski definition) is 6. The summed E-state index contributed by atoms with van der Waals surface area (Å²) in [5.74, 6) is -0.236. The first-order chi connectivity index (χ1) is 12.9. The van der Waals surface area contributed by atoms with Gasteiger partial charge < -0.3 is 4.74 Å². The molecule has 1 saturated heterocycles. The minimum Gasteiger partial charge on any atom is -0.465 e. The number of ether oxygens (including phenoxy) is 1. The predicted octanol–water partition coefficient (Wildman–Crippen LogP) is 4.09. The molecule has 0 amide bonds. The number of carbonyl (C=O) groups excluding carboxylic acids is 1. The van der Waals surface area contributed by atoms with Crippen LogP contribution >= 0.6 is 23.1 Å². The molecule has 3 aromatic rings. The Bertz CT molecular complexity index is 1130. The van der Waals surface area contributed by atoms with Crippen molar-refractivity contribution >= 4 is 39.3 Å². The van der Waals surface area contributed by atoms with Crippen molar-refractivity contribution in [3.8, 4) is 5.69 Å². The van der Waals surface area contributed by atoms with Gasteiger partial charge in [-0.3, -0.25) is 14.2 Å². The average molecular weight is 401 g/mol. The number of rotatable bonds is 3. The third-order valence-electron chi connectivity index (χ3n) is 4.91. The Balaban J connectivity index is 2.01. The number of esters is 1. The first-order valence-corrected chi connectivity index (χ1v) is 10.5. The van der Waals surface area contributed by atoms with E-state index in [9.17, 15) is 9.59 Å². The van der Waals surface area contributed by atoms with Crippen molar-refractivity contribution in [1.29, 1.82) is 0 Å². The summed E-state index contributed by atoms with van der Waals surface area (Å²) in [6, 6.07) is 6.03. The molecule has 0 spiro atoms. The lowest BCUT2D eigenvalue weighted by Crippen LogP contribution is -2.24. The van der Waals surface area contributed by atoms with Crippen LogP contribution in [0.25, 0.3) is 15.9 Å². The average Bonchev–Trinajstić information content (AvgIpc) is 3.14. The smallest absolute Gasteiger partial charge is 0.319 e. The number of aryl methyl sites for hydroxylation is 4. The van der Waals surface area contributed by atoms with Crippen LogP contribution in [-0.2, 0) is 9.53 Å². The molecule has 5 nitrogen and oxygen atoms in total. The molecule has 4 rings (SSSR count). The van der Waals surface area contributed by atoms with E-state index in [1.54, 1.807) is 4.57 Å². The molecule has 7 heteroatoms. The highest BCUT2D eigenvalue weighted by Crippen LogP contribution is 2.33. The summed E-state index contributed by atoms with van der Waals surface area (Å²) in [4.78, 5) is 32.1. The lowest BCUT2D eigenvalue weighted by molar-refractivity contribution is -0.137. The fraction of sp³-hybridized carbons (Fsp3) is 0.350. The maximum atomic E-state index is 13.5. The second-order valence-electron chi connectivity index (χ2n) is 6.85. The van der Waals surface area contributed by atoms with E-state index in [1.165, 1.54) is 23.1 Å². The van der Waals surface area contributed by atoms with E-state index in [2.05, 4.69) is 0 Å². The summed E-state index contributed by atoms with van der Waals surface area (Å²) in [5.41, 5.74) is 3.76. The molecule has 1 aromatic carbocycles. The minimum absolute atomic E-state index is 0.0792. The van der Waals surface area contributed by atoms with Gasteiger partial charge in [0.05, 0.1) is 17.7 Å². The number of benzene rings is 1. The van der Waals surface area contributed by atoms with Crippen molar-refractivity contribution in [2.24, 2.45) is 0 Å². The van der Waals surface area contributed by atoms with E-state index in [-0.39, 0.29) is 16.8 Å². The van der Waals surface area contributed by atoms with E-state index in [0.717, 1.165) is 32.1 Å². The van der Waals surface area contributed by atoms with E-state index in [0.29, 0.717) is 23.6 Å². The van der Waals surface area contributed by atoms with E-state index in [4.69, 9.17) is 9.72 Å². The number of aromatic nitrogens is 2. The topological polar surface area (TPSA) is 61.2 Å². The fourth-order valence-corrected chi connectivity index (χ4v) is 5.38. The molecule has 0 radical (unpaired) electrons. The standard InChI is InChI=1S/C20H20N2O3S2/c1-10-5-6-11(2)14(9-10)22-18(23)16-12(3)13(4)26-17(16)21-20(22)27-15-7-8-25-19(15)24/h5-6,9,15H,7-8H2,1-4H3/t15-/m0/s1. The summed E-state index contributed by atoms with van der Waals surface area (Å²) >= 11 is 2.85. The van der Waals surface area contributed by atoms with Crippen molar-refractivity contribution in [3.05, 3.63) is 50.1 Å². The third-order valence-corrected chi connectivity index (χ3v) is 7.21. The molecule has 0 aliphatic carbocycles. The van der Waals surface area contributed by atoms with Crippen LogP contribution in [0, 0.1) is 27.7 Å². The zero-order valence-corrected chi connectivity index (χ0v) is 17.3. The molecule has 0 N–H and O–H groups in total. The van der Waals surface area contributed by atoms with Crippen LogP contribution in [-0.4, -0.2) is 27.4 Å². The van der Waals surface area contributed by atoms with Gasteiger partial charge in [-0.2, -0.15) is 0 Å². The van der Waals surface area contributed by atoms with Crippen molar-refractivity contribution < 1.29 is 9.53 Å². The number of hydrogen-bond donors (Lipinski definition) is 0. The molecule has 1 atom stereocenters. The largest absolute Gasteiger partial charge is 0.465 e. The molecule has 140 valence electrons. The number of nitrogens with zero attached hydrogens (tertiary/aromatic N) is 2.